The Balaban J connectivity index is 1.62. The van der Waals surface area contributed by atoms with Gasteiger partial charge in [-0.05, 0) is 43.2 Å². The molecule has 6 nitrogen and oxygen atoms in total. The van der Waals surface area contributed by atoms with Gasteiger partial charge in [0.05, 0.1) is 29.0 Å². The number of amides is 3. The number of benzene rings is 2. The minimum Gasteiger partial charge on any atom is -0.491 e. The average Bonchev–Trinajstić information content (AvgIpc) is 2.97. The van der Waals surface area contributed by atoms with E-state index in [0.717, 1.165) is 17.0 Å². The third-order valence-electron chi connectivity index (χ3n) is 4.71. The number of ether oxygens (including phenoxy) is 1. The first-order chi connectivity index (χ1) is 14.7. The number of carbonyl (C=O) groups excluding carboxylic acids is 3. The zero-order chi connectivity index (χ0) is 22.6. The molecule has 1 N–H and O–H groups in total. The molecule has 164 valence electrons. The van der Waals surface area contributed by atoms with E-state index in [0.29, 0.717) is 17.5 Å². The Morgan fingerprint density at radius 2 is 1.71 bits per heavy atom. The van der Waals surface area contributed by atoms with E-state index in [-0.39, 0.29) is 37.4 Å². The summed E-state index contributed by atoms with van der Waals surface area (Å²) in [5.41, 5.74) is -0.344. The van der Waals surface area contributed by atoms with Crippen LogP contribution < -0.4 is 10.1 Å². The van der Waals surface area contributed by atoms with Crippen molar-refractivity contribution in [3.8, 4) is 5.75 Å². The van der Waals surface area contributed by atoms with Crippen LogP contribution in [-0.2, 0) is 11.0 Å². The number of imide groups is 1. The molecule has 0 aliphatic carbocycles. The fraction of sp³-hybridized carbons (Fsp3) is 0.318. The van der Waals surface area contributed by atoms with Gasteiger partial charge < -0.3 is 10.1 Å². The lowest BCUT2D eigenvalue weighted by molar-refractivity contribution is -0.137. The lowest BCUT2D eigenvalue weighted by atomic mass is 10.1. The van der Waals surface area contributed by atoms with Crippen molar-refractivity contribution in [1.29, 1.82) is 0 Å². The Labute approximate surface area is 177 Å². The van der Waals surface area contributed by atoms with Gasteiger partial charge in [-0.25, -0.2) is 0 Å². The molecule has 1 aliphatic rings. The van der Waals surface area contributed by atoms with E-state index in [2.05, 4.69) is 5.32 Å². The molecule has 1 aliphatic heterocycles. The molecule has 1 heterocycles. The van der Waals surface area contributed by atoms with E-state index >= 15 is 0 Å². The van der Waals surface area contributed by atoms with E-state index < -0.39 is 29.5 Å². The molecule has 0 fully saturated rings. The molecule has 0 saturated heterocycles. The number of rotatable bonds is 8. The molecule has 0 unspecified atom stereocenters. The van der Waals surface area contributed by atoms with Crippen molar-refractivity contribution in [2.24, 2.45) is 0 Å². The predicted molar refractivity (Wildman–Crippen MR) is 107 cm³/mol. The number of alkyl halides is 3. The van der Waals surface area contributed by atoms with Crippen molar-refractivity contribution in [2.45, 2.75) is 32.4 Å². The molecule has 9 heteroatoms. The maximum Gasteiger partial charge on any atom is 0.416 e. The second kappa shape index (κ2) is 9.20. The fourth-order valence-electron chi connectivity index (χ4n) is 3.19. The SMILES string of the molecule is CCCOc1ccc(C(F)(F)F)cc1NC(=O)CCCN1C(=O)c2ccccc2C1=O. The van der Waals surface area contributed by atoms with Crippen molar-refractivity contribution in [1.82, 2.24) is 4.90 Å². The second-order valence-corrected chi connectivity index (χ2v) is 7.02. The molecule has 0 atom stereocenters. The number of anilines is 1. The average molecular weight is 434 g/mol. The van der Waals surface area contributed by atoms with Gasteiger partial charge in [0, 0.05) is 13.0 Å². The standard InChI is InChI=1S/C22H21F3N2O4/c1-2-12-31-18-10-9-14(22(23,24)25)13-17(18)26-19(28)8-5-11-27-20(29)15-6-3-4-7-16(15)21(27)30/h3-4,6-7,9-10,13H,2,5,8,11-12H2,1H3,(H,26,28). The van der Waals surface area contributed by atoms with E-state index in [9.17, 15) is 27.6 Å². The number of halogens is 3. The first kappa shape index (κ1) is 22.3. The van der Waals surface area contributed by atoms with Crippen LogP contribution in [0, 0.1) is 0 Å². The number of nitrogens with zero attached hydrogens (tertiary/aromatic N) is 1. The number of hydrogen-bond donors (Lipinski definition) is 1. The van der Waals surface area contributed by atoms with Gasteiger partial charge in [0.1, 0.15) is 5.75 Å². The molecular weight excluding hydrogens is 413 g/mol. The van der Waals surface area contributed by atoms with Crippen LogP contribution in [0.25, 0.3) is 0 Å². The lowest BCUT2D eigenvalue weighted by Gasteiger charge is -2.16. The molecule has 3 rings (SSSR count). The molecule has 2 aromatic carbocycles. The topological polar surface area (TPSA) is 75.7 Å². The predicted octanol–water partition coefficient (Wildman–Crippen LogP) is 4.51. The molecule has 2 aromatic rings. The Hall–Kier alpha value is -3.36. The van der Waals surface area contributed by atoms with Crippen molar-refractivity contribution < 1.29 is 32.3 Å². The van der Waals surface area contributed by atoms with Gasteiger partial charge in [0.2, 0.25) is 5.91 Å². The van der Waals surface area contributed by atoms with Gasteiger partial charge >= 0.3 is 6.18 Å². The summed E-state index contributed by atoms with van der Waals surface area (Å²) in [7, 11) is 0. The summed E-state index contributed by atoms with van der Waals surface area (Å²) in [6.07, 6.45) is -3.83. The first-order valence-corrected chi connectivity index (χ1v) is 9.81. The molecule has 31 heavy (non-hydrogen) atoms. The van der Waals surface area contributed by atoms with Crippen LogP contribution in [0.1, 0.15) is 52.5 Å². The third-order valence-corrected chi connectivity index (χ3v) is 4.71. The monoisotopic (exact) mass is 434 g/mol. The van der Waals surface area contributed by atoms with Crippen LogP contribution in [0.15, 0.2) is 42.5 Å². The Morgan fingerprint density at radius 3 is 2.29 bits per heavy atom. The molecular formula is C22H21F3N2O4. The highest BCUT2D eigenvalue weighted by atomic mass is 19.4. The summed E-state index contributed by atoms with van der Waals surface area (Å²) < 4.78 is 44.5. The van der Waals surface area contributed by atoms with E-state index in [4.69, 9.17) is 4.74 Å². The van der Waals surface area contributed by atoms with Crippen LogP contribution in [0.3, 0.4) is 0 Å². The number of carbonyl (C=O) groups is 3. The largest absolute Gasteiger partial charge is 0.491 e. The normalized spacial score (nSPS) is 13.4. The third kappa shape index (κ3) is 5.04. The van der Waals surface area contributed by atoms with Crippen molar-refractivity contribution >= 4 is 23.4 Å². The van der Waals surface area contributed by atoms with Gasteiger partial charge in [-0.1, -0.05) is 19.1 Å². The quantitative estimate of drug-likeness (QED) is 0.621. The number of hydrogen-bond acceptors (Lipinski definition) is 4. The molecule has 3 amide bonds. The maximum absolute atomic E-state index is 13.0. The van der Waals surface area contributed by atoms with Gasteiger partial charge in [-0.15, -0.1) is 0 Å². The minimum atomic E-state index is -4.56. The van der Waals surface area contributed by atoms with E-state index in [1.54, 1.807) is 24.3 Å². The summed E-state index contributed by atoms with van der Waals surface area (Å²) in [6, 6.07) is 9.34. The van der Waals surface area contributed by atoms with Gasteiger partial charge in [-0.2, -0.15) is 13.2 Å². The molecule has 0 spiro atoms. The molecule has 0 bridgehead atoms. The van der Waals surface area contributed by atoms with Crippen LogP contribution in [-0.4, -0.2) is 35.8 Å². The summed E-state index contributed by atoms with van der Waals surface area (Å²) in [5.74, 6) is -1.25. The highest BCUT2D eigenvalue weighted by Crippen LogP contribution is 2.35. The van der Waals surface area contributed by atoms with Gasteiger partial charge in [0.15, 0.2) is 0 Å². The smallest absolute Gasteiger partial charge is 0.416 e. The number of fused-ring (bicyclic) bond motifs is 1. The lowest BCUT2D eigenvalue weighted by Crippen LogP contribution is -2.31. The first-order valence-electron chi connectivity index (χ1n) is 9.81. The minimum absolute atomic E-state index is 0.0293. The summed E-state index contributed by atoms with van der Waals surface area (Å²) in [6.45, 7) is 2.16. The van der Waals surface area contributed by atoms with E-state index in [1.807, 2.05) is 6.92 Å². The Morgan fingerprint density at radius 1 is 1.06 bits per heavy atom. The Bertz CT molecular complexity index is 969. The van der Waals surface area contributed by atoms with Crippen molar-refractivity contribution in [3.63, 3.8) is 0 Å². The highest BCUT2D eigenvalue weighted by Gasteiger charge is 2.34. The zero-order valence-corrected chi connectivity index (χ0v) is 16.8. The molecule has 0 saturated carbocycles. The maximum atomic E-state index is 13.0. The highest BCUT2D eigenvalue weighted by molar-refractivity contribution is 6.21. The van der Waals surface area contributed by atoms with Gasteiger partial charge in [0.25, 0.3) is 11.8 Å². The van der Waals surface area contributed by atoms with Crippen LogP contribution in [0.5, 0.6) is 5.75 Å². The number of nitrogens with one attached hydrogen (secondary N) is 1. The van der Waals surface area contributed by atoms with Crippen LogP contribution in [0.4, 0.5) is 18.9 Å². The molecule has 0 aromatic heterocycles. The van der Waals surface area contributed by atoms with E-state index in [1.165, 1.54) is 6.07 Å². The summed E-state index contributed by atoms with van der Waals surface area (Å²) >= 11 is 0. The molecule has 0 radical (unpaired) electrons. The summed E-state index contributed by atoms with van der Waals surface area (Å²) in [5, 5.41) is 2.44. The second-order valence-electron chi connectivity index (χ2n) is 7.02. The van der Waals surface area contributed by atoms with Crippen molar-refractivity contribution in [3.05, 3.63) is 59.2 Å². The zero-order valence-electron chi connectivity index (χ0n) is 16.8. The van der Waals surface area contributed by atoms with Crippen LogP contribution >= 0.6 is 0 Å². The Kier molecular flexibility index (Phi) is 6.62. The fourth-order valence-corrected chi connectivity index (χ4v) is 3.19. The van der Waals surface area contributed by atoms with Gasteiger partial charge in [-0.3, -0.25) is 19.3 Å². The van der Waals surface area contributed by atoms with Crippen LogP contribution in [0.2, 0.25) is 0 Å². The summed E-state index contributed by atoms with van der Waals surface area (Å²) in [4.78, 5) is 38.0. The van der Waals surface area contributed by atoms with Crippen molar-refractivity contribution in [2.75, 3.05) is 18.5 Å².